The molecule has 1 N–H and O–H groups in total. The fourth-order valence-electron chi connectivity index (χ4n) is 3.13. The van der Waals surface area contributed by atoms with Gasteiger partial charge in [-0.15, -0.1) is 0 Å². The van der Waals surface area contributed by atoms with Crippen LogP contribution < -0.4 is 0 Å². The van der Waals surface area contributed by atoms with Gasteiger partial charge in [-0.25, -0.2) is 4.39 Å². The van der Waals surface area contributed by atoms with Gasteiger partial charge in [-0.1, -0.05) is 30.3 Å². The molecule has 1 atom stereocenters. The Hall–Kier alpha value is -2.66. The first kappa shape index (κ1) is 14.9. The number of amides is 1. The van der Waals surface area contributed by atoms with Crippen molar-refractivity contribution in [3.8, 4) is 0 Å². The summed E-state index contributed by atoms with van der Waals surface area (Å²) >= 11 is 0. The molecular weight excluding hydrogens is 307 g/mol. The molecule has 4 nitrogen and oxygen atoms in total. The van der Waals surface area contributed by atoms with Crippen molar-refractivity contribution < 1.29 is 13.9 Å². The summed E-state index contributed by atoms with van der Waals surface area (Å²) in [5, 5.41) is 0.923. The molecule has 0 spiro atoms. The van der Waals surface area contributed by atoms with Gasteiger partial charge in [0.05, 0.1) is 18.7 Å². The number of aromatic amines is 1. The lowest BCUT2D eigenvalue weighted by molar-refractivity contribution is -0.0227. The molecule has 1 amide bonds. The average Bonchev–Trinajstić information content (AvgIpc) is 3.06. The Labute approximate surface area is 138 Å². The second kappa shape index (κ2) is 6.09. The average molecular weight is 324 g/mol. The highest BCUT2D eigenvalue weighted by atomic mass is 19.1. The lowest BCUT2D eigenvalue weighted by Crippen LogP contribution is -2.42. The second-order valence-corrected chi connectivity index (χ2v) is 5.91. The minimum atomic E-state index is -0.277. The maximum absolute atomic E-state index is 13.1. The van der Waals surface area contributed by atoms with Crippen LogP contribution in [0.25, 0.3) is 10.9 Å². The maximum Gasteiger partial charge on any atom is 0.256 e. The van der Waals surface area contributed by atoms with Gasteiger partial charge in [-0.2, -0.15) is 0 Å². The maximum atomic E-state index is 13.1. The molecule has 0 radical (unpaired) electrons. The van der Waals surface area contributed by atoms with E-state index in [4.69, 9.17) is 4.74 Å². The number of rotatable bonds is 2. The molecule has 1 aliphatic rings. The van der Waals surface area contributed by atoms with Gasteiger partial charge in [-0.05, 0) is 23.8 Å². The van der Waals surface area contributed by atoms with Crippen LogP contribution in [-0.4, -0.2) is 35.5 Å². The molecule has 0 unspecified atom stereocenters. The number of benzene rings is 2. The SMILES string of the molecule is O=C(c1c[nH]c2ccccc12)N1CCO[C@@H](c2ccc(F)cc2)C1. The van der Waals surface area contributed by atoms with Crippen molar-refractivity contribution in [1.82, 2.24) is 9.88 Å². The van der Waals surface area contributed by atoms with Crippen molar-refractivity contribution in [2.45, 2.75) is 6.10 Å². The highest BCUT2D eigenvalue weighted by Gasteiger charge is 2.27. The van der Waals surface area contributed by atoms with Crippen LogP contribution in [0, 0.1) is 5.82 Å². The molecule has 2 aromatic carbocycles. The molecule has 24 heavy (non-hydrogen) atoms. The molecule has 4 rings (SSSR count). The number of morpholine rings is 1. The fraction of sp³-hybridized carbons (Fsp3) is 0.211. The van der Waals surface area contributed by atoms with Gasteiger partial charge >= 0.3 is 0 Å². The molecule has 0 aliphatic carbocycles. The summed E-state index contributed by atoms with van der Waals surface area (Å²) in [7, 11) is 0. The van der Waals surface area contributed by atoms with Crippen LogP contribution in [0.15, 0.2) is 54.7 Å². The normalized spacial score (nSPS) is 18.0. The van der Waals surface area contributed by atoms with Crippen LogP contribution in [0.4, 0.5) is 4.39 Å². The van der Waals surface area contributed by atoms with Crippen LogP contribution in [0.2, 0.25) is 0 Å². The zero-order valence-electron chi connectivity index (χ0n) is 13.0. The molecule has 0 bridgehead atoms. The third-order valence-electron chi connectivity index (χ3n) is 4.42. The summed E-state index contributed by atoms with van der Waals surface area (Å²) < 4.78 is 18.8. The highest BCUT2D eigenvalue weighted by Crippen LogP contribution is 2.25. The largest absolute Gasteiger partial charge is 0.370 e. The number of aromatic nitrogens is 1. The number of halogens is 1. The number of H-pyrrole nitrogens is 1. The first-order chi connectivity index (χ1) is 11.7. The molecule has 1 fully saturated rings. The standard InChI is InChI=1S/C19H17FN2O2/c20-14-7-5-13(6-8-14)18-12-22(9-10-24-18)19(23)16-11-21-17-4-2-1-3-15(16)17/h1-8,11,18,21H,9-10,12H2/t18-/m1/s1. The quantitative estimate of drug-likeness (QED) is 0.784. The Morgan fingerprint density at radius 3 is 2.79 bits per heavy atom. The Kier molecular flexibility index (Phi) is 3.78. The minimum absolute atomic E-state index is 0.0112. The molecule has 0 saturated carbocycles. The summed E-state index contributed by atoms with van der Waals surface area (Å²) in [5.74, 6) is -0.288. The number of carbonyl (C=O) groups is 1. The van der Waals surface area contributed by atoms with Crippen molar-refractivity contribution >= 4 is 16.8 Å². The predicted octanol–water partition coefficient (Wildman–Crippen LogP) is 3.52. The number of hydrogen-bond acceptors (Lipinski definition) is 2. The molecule has 122 valence electrons. The molecule has 5 heteroatoms. The van der Waals surface area contributed by atoms with Gasteiger partial charge in [0.2, 0.25) is 0 Å². The topological polar surface area (TPSA) is 45.3 Å². The molecule has 1 aliphatic heterocycles. The van der Waals surface area contributed by atoms with Crippen molar-refractivity contribution in [1.29, 1.82) is 0 Å². The van der Waals surface area contributed by atoms with Gasteiger partial charge in [-0.3, -0.25) is 4.79 Å². The lowest BCUT2D eigenvalue weighted by atomic mass is 10.1. The van der Waals surface area contributed by atoms with Crippen molar-refractivity contribution in [2.24, 2.45) is 0 Å². The van der Waals surface area contributed by atoms with Crippen LogP contribution in [0.5, 0.6) is 0 Å². The van der Waals surface area contributed by atoms with E-state index in [0.29, 0.717) is 25.3 Å². The van der Waals surface area contributed by atoms with Crippen molar-refractivity contribution in [3.63, 3.8) is 0 Å². The summed E-state index contributed by atoms with van der Waals surface area (Å²) in [6, 6.07) is 14.0. The highest BCUT2D eigenvalue weighted by molar-refractivity contribution is 6.06. The van der Waals surface area contributed by atoms with Gasteiger partial charge < -0.3 is 14.6 Å². The summed E-state index contributed by atoms with van der Waals surface area (Å²) in [5.41, 5.74) is 2.50. The Morgan fingerprint density at radius 2 is 1.96 bits per heavy atom. The monoisotopic (exact) mass is 324 g/mol. The Bertz CT molecular complexity index is 872. The third kappa shape index (κ3) is 2.67. The zero-order valence-corrected chi connectivity index (χ0v) is 13.0. The van der Waals surface area contributed by atoms with E-state index in [1.807, 2.05) is 24.3 Å². The van der Waals surface area contributed by atoms with Crippen LogP contribution in [-0.2, 0) is 4.74 Å². The molecule has 1 aromatic heterocycles. The number of hydrogen-bond donors (Lipinski definition) is 1. The van der Waals surface area contributed by atoms with Gasteiger partial charge in [0, 0.05) is 23.6 Å². The number of nitrogens with one attached hydrogen (secondary N) is 1. The second-order valence-electron chi connectivity index (χ2n) is 5.91. The smallest absolute Gasteiger partial charge is 0.256 e. The van der Waals surface area contributed by atoms with Crippen molar-refractivity contribution in [2.75, 3.05) is 19.7 Å². The van der Waals surface area contributed by atoms with E-state index in [1.54, 1.807) is 23.2 Å². The zero-order chi connectivity index (χ0) is 16.5. The van der Waals surface area contributed by atoms with E-state index in [2.05, 4.69) is 4.98 Å². The Balaban J connectivity index is 1.57. The summed E-state index contributed by atoms with van der Waals surface area (Å²) in [6.45, 7) is 1.48. The molecular formula is C19H17FN2O2. The van der Waals surface area contributed by atoms with Crippen LogP contribution in [0.1, 0.15) is 22.0 Å². The van der Waals surface area contributed by atoms with Gasteiger partial charge in [0.1, 0.15) is 11.9 Å². The first-order valence-electron chi connectivity index (χ1n) is 7.95. The van der Waals surface area contributed by atoms with Gasteiger partial charge in [0.25, 0.3) is 5.91 Å². The van der Waals surface area contributed by atoms with Crippen LogP contribution in [0.3, 0.4) is 0 Å². The Morgan fingerprint density at radius 1 is 1.17 bits per heavy atom. The molecule has 2 heterocycles. The summed E-state index contributed by atoms with van der Waals surface area (Å²) in [6.07, 6.45) is 1.53. The number of ether oxygens (including phenoxy) is 1. The van der Waals surface area contributed by atoms with E-state index < -0.39 is 0 Å². The molecule has 3 aromatic rings. The summed E-state index contributed by atoms with van der Waals surface area (Å²) in [4.78, 5) is 17.8. The third-order valence-corrected chi connectivity index (χ3v) is 4.42. The first-order valence-corrected chi connectivity index (χ1v) is 7.95. The fourth-order valence-corrected chi connectivity index (χ4v) is 3.13. The van der Waals surface area contributed by atoms with E-state index in [9.17, 15) is 9.18 Å². The number of fused-ring (bicyclic) bond motifs is 1. The van der Waals surface area contributed by atoms with E-state index in [-0.39, 0.29) is 17.8 Å². The van der Waals surface area contributed by atoms with Crippen LogP contribution >= 0.6 is 0 Å². The van der Waals surface area contributed by atoms with Gasteiger partial charge in [0.15, 0.2) is 0 Å². The number of nitrogens with zero attached hydrogens (tertiary/aromatic N) is 1. The minimum Gasteiger partial charge on any atom is -0.370 e. The van der Waals surface area contributed by atoms with E-state index in [0.717, 1.165) is 16.5 Å². The number of para-hydroxylation sites is 1. The van der Waals surface area contributed by atoms with Crippen molar-refractivity contribution in [3.05, 3.63) is 71.7 Å². The van der Waals surface area contributed by atoms with E-state index in [1.165, 1.54) is 12.1 Å². The molecule has 1 saturated heterocycles. The number of carbonyl (C=O) groups excluding carboxylic acids is 1. The van der Waals surface area contributed by atoms with E-state index >= 15 is 0 Å². The lowest BCUT2D eigenvalue weighted by Gasteiger charge is -2.33. The predicted molar refractivity (Wildman–Crippen MR) is 89.3 cm³/mol.